The predicted octanol–water partition coefficient (Wildman–Crippen LogP) is 1.58. The summed E-state index contributed by atoms with van der Waals surface area (Å²) < 4.78 is 1.72. The zero-order valence-corrected chi connectivity index (χ0v) is 9.02. The van der Waals surface area contributed by atoms with E-state index in [0.29, 0.717) is 11.9 Å². The smallest absolute Gasteiger partial charge is 0.349 e. The number of nitrogens with zero attached hydrogens (tertiary/aromatic N) is 2. The molecule has 82 valence electrons. The van der Waals surface area contributed by atoms with E-state index in [1.807, 2.05) is 0 Å². The Kier molecular flexibility index (Phi) is 2.75. The van der Waals surface area contributed by atoms with Gasteiger partial charge in [-0.25, -0.2) is 4.79 Å². The molecule has 0 unspecified atom stereocenters. The fourth-order valence-electron chi connectivity index (χ4n) is 2.22. The van der Waals surface area contributed by atoms with Crippen LogP contribution in [-0.2, 0) is 0 Å². The summed E-state index contributed by atoms with van der Waals surface area (Å²) in [6, 6.07) is 2.01. The number of rotatable bonds is 1. The van der Waals surface area contributed by atoms with E-state index in [1.54, 1.807) is 16.8 Å². The minimum atomic E-state index is -0.213. The molecule has 0 amide bonds. The van der Waals surface area contributed by atoms with Crippen molar-refractivity contribution < 1.29 is 0 Å². The van der Waals surface area contributed by atoms with E-state index in [2.05, 4.69) is 11.9 Å². The summed E-state index contributed by atoms with van der Waals surface area (Å²) in [6.07, 6.45) is 6.31. The van der Waals surface area contributed by atoms with Gasteiger partial charge in [0.25, 0.3) is 0 Å². The highest BCUT2D eigenvalue weighted by molar-refractivity contribution is 5.23. The van der Waals surface area contributed by atoms with Gasteiger partial charge < -0.3 is 5.73 Å². The summed E-state index contributed by atoms with van der Waals surface area (Å²) >= 11 is 0. The molecule has 2 rings (SSSR count). The molecule has 4 heteroatoms. The largest absolute Gasteiger partial charge is 0.383 e. The maximum Gasteiger partial charge on any atom is 0.349 e. The highest BCUT2D eigenvalue weighted by Gasteiger charge is 2.20. The van der Waals surface area contributed by atoms with Gasteiger partial charge in [0.2, 0.25) is 0 Å². The quantitative estimate of drug-likeness (QED) is 0.760. The Labute approximate surface area is 89.1 Å². The minimum absolute atomic E-state index is 0.213. The van der Waals surface area contributed by atoms with E-state index in [-0.39, 0.29) is 5.69 Å². The Balaban J connectivity index is 2.19. The summed E-state index contributed by atoms with van der Waals surface area (Å²) in [5, 5.41) is 0. The molecule has 1 aliphatic rings. The van der Waals surface area contributed by atoms with Gasteiger partial charge >= 0.3 is 5.69 Å². The van der Waals surface area contributed by atoms with Gasteiger partial charge in [-0.2, -0.15) is 4.98 Å². The Bertz CT molecular complexity index is 391. The second-order valence-electron chi connectivity index (χ2n) is 4.46. The number of hydrogen-bond donors (Lipinski definition) is 1. The molecule has 1 aromatic heterocycles. The van der Waals surface area contributed by atoms with Gasteiger partial charge in [-0.1, -0.05) is 6.92 Å². The zero-order chi connectivity index (χ0) is 10.8. The number of hydrogen-bond acceptors (Lipinski definition) is 3. The number of nitrogen functional groups attached to an aromatic ring is 1. The molecule has 0 spiro atoms. The second kappa shape index (κ2) is 4.04. The molecule has 4 nitrogen and oxygen atoms in total. The first kappa shape index (κ1) is 10.2. The van der Waals surface area contributed by atoms with Gasteiger partial charge in [-0.15, -0.1) is 0 Å². The predicted molar refractivity (Wildman–Crippen MR) is 59.6 cm³/mol. The molecule has 1 heterocycles. The minimum Gasteiger partial charge on any atom is -0.383 e. The first-order chi connectivity index (χ1) is 7.16. The van der Waals surface area contributed by atoms with Crippen molar-refractivity contribution in [3.05, 3.63) is 22.7 Å². The van der Waals surface area contributed by atoms with Gasteiger partial charge in [0, 0.05) is 12.2 Å². The van der Waals surface area contributed by atoms with Crippen molar-refractivity contribution in [1.29, 1.82) is 0 Å². The summed E-state index contributed by atoms with van der Waals surface area (Å²) in [4.78, 5) is 15.3. The number of anilines is 1. The number of nitrogens with two attached hydrogens (primary N) is 1. The van der Waals surface area contributed by atoms with Crippen LogP contribution >= 0.6 is 0 Å². The molecule has 0 aromatic carbocycles. The van der Waals surface area contributed by atoms with Gasteiger partial charge in [0.15, 0.2) is 0 Å². The molecular weight excluding hydrogens is 190 g/mol. The molecule has 15 heavy (non-hydrogen) atoms. The van der Waals surface area contributed by atoms with Crippen LogP contribution in [0.1, 0.15) is 38.6 Å². The van der Waals surface area contributed by atoms with Gasteiger partial charge in [0.1, 0.15) is 5.82 Å². The summed E-state index contributed by atoms with van der Waals surface area (Å²) in [5.41, 5.74) is 5.24. The van der Waals surface area contributed by atoms with Crippen LogP contribution in [0.25, 0.3) is 0 Å². The van der Waals surface area contributed by atoms with Crippen molar-refractivity contribution in [2.24, 2.45) is 5.92 Å². The monoisotopic (exact) mass is 207 g/mol. The van der Waals surface area contributed by atoms with E-state index in [9.17, 15) is 4.79 Å². The third-order valence-electron chi connectivity index (χ3n) is 3.23. The maximum absolute atomic E-state index is 11.6. The zero-order valence-electron chi connectivity index (χ0n) is 9.02. The topological polar surface area (TPSA) is 60.9 Å². The first-order valence-electron chi connectivity index (χ1n) is 5.51. The molecule has 1 aromatic rings. The van der Waals surface area contributed by atoms with Crippen LogP contribution in [0, 0.1) is 5.92 Å². The van der Waals surface area contributed by atoms with E-state index in [4.69, 9.17) is 5.73 Å². The highest BCUT2D eigenvalue weighted by Crippen LogP contribution is 2.30. The Morgan fingerprint density at radius 3 is 2.67 bits per heavy atom. The molecule has 0 radical (unpaired) electrons. The van der Waals surface area contributed by atoms with Crippen LogP contribution in [0.2, 0.25) is 0 Å². The van der Waals surface area contributed by atoms with Gasteiger partial charge in [-0.3, -0.25) is 4.57 Å². The number of aromatic nitrogens is 2. The first-order valence-corrected chi connectivity index (χ1v) is 5.51. The molecular formula is C11H17N3O. The van der Waals surface area contributed by atoms with E-state index in [1.165, 1.54) is 12.8 Å². The van der Waals surface area contributed by atoms with Crippen LogP contribution < -0.4 is 11.4 Å². The summed E-state index contributed by atoms with van der Waals surface area (Å²) in [5.74, 6) is 1.10. The van der Waals surface area contributed by atoms with Crippen LogP contribution in [0.4, 0.5) is 5.82 Å². The van der Waals surface area contributed by atoms with Crippen molar-refractivity contribution in [2.75, 3.05) is 5.73 Å². The lowest BCUT2D eigenvalue weighted by Gasteiger charge is -2.27. The average Bonchev–Trinajstić information content (AvgIpc) is 2.20. The van der Waals surface area contributed by atoms with Crippen LogP contribution in [0.3, 0.4) is 0 Å². The van der Waals surface area contributed by atoms with Crippen LogP contribution in [0.5, 0.6) is 0 Å². The van der Waals surface area contributed by atoms with Crippen molar-refractivity contribution >= 4 is 5.82 Å². The third-order valence-corrected chi connectivity index (χ3v) is 3.23. The van der Waals surface area contributed by atoms with Crippen molar-refractivity contribution in [3.8, 4) is 0 Å². The molecule has 1 fully saturated rings. The maximum atomic E-state index is 11.6. The van der Waals surface area contributed by atoms with Crippen molar-refractivity contribution in [1.82, 2.24) is 9.55 Å². The lowest BCUT2D eigenvalue weighted by atomic mass is 9.87. The molecule has 2 N–H and O–H groups in total. The molecule has 1 aliphatic carbocycles. The molecule has 0 atom stereocenters. The SMILES string of the molecule is CC1CCC(n2ccc(N)nc2=O)CC1. The highest BCUT2D eigenvalue weighted by atomic mass is 16.1. The van der Waals surface area contributed by atoms with Crippen molar-refractivity contribution in [2.45, 2.75) is 38.6 Å². The lowest BCUT2D eigenvalue weighted by molar-refractivity contribution is 0.283. The van der Waals surface area contributed by atoms with Gasteiger partial charge in [-0.05, 0) is 37.7 Å². The van der Waals surface area contributed by atoms with E-state index in [0.717, 1.165) is 18.8 Å². The second-order valence-corrected chi connectivity index (χ2v) is 4.46. The van der Waals surface area contributed by atoms with E-state index < -0.39 is 0 Å². The molecule has 0 saturated heterocycles. The van der Waals surface area contributed by atoms with Crippen LogP contribution in [0.15, 0.2) is 17.1 Å². The molecule has 0 bridgehead atoms. The summed E-state index contributed by atoms with van der Waals surface area (Å²) in [6.45, 7) is 2.26. The normalized spacial score (nSPS) is 26.5. The molecule has 1 saturated carbocycles. The average molecular weight is 207 g/mol. The van der Waals surface area contributed by atoms with Crippen LogP contribution in [-0.4, -0.2) is 9.55 Å². The Morgan fingerprint density at radius 2 is 2.07 bits per heavy atom. The summed E-state index contributed by atoms with van der Waals surface area (Å²) in [7, 11) is 0. The van der Waals surface area contributed by atoms with E-state index >= 15 is 0 Å². The third kappa shape index (κ3) is 2.19. The van der Waals surface area contributed by atoms with Gasteiger partial charge in [0.05, 0.1) is 0 Å². The van der Waals surface area contributed by atoms with Crippen molar-refractivity contribution in [3.63, 3.8) is 0 Å². The molecule has 0 aliphatic heterocycles. The Hall–Kier alpha value is -1.32. The standard InChI is InChI=1S/C11H17N3O/c1-8-2-4-9(5-3-8)14-7-6-10(12)13-11(14)15/h6-9H,2-5H2,1H3,(H2,12,13,15). The fraction of sp³-hybridized carbons (Fsp3) is 0.636. The fourth-order valence-corrected chi connectivity index (χ4v) is 2.22. The Morgan fingerprint density at radius 1 is 1.40 bits per heavy atom. The lowest BCUT2D eigenvalue weighted by Crippen LogP contribution is -2.29.